The number of nitriles is 1. The van der Waals surface area contributed by atoms with Gasteiger partial charge in [-0.3, -0.25) is 9.59 Å². The third-order valence-corrected chi connectivity index (χ3v) is 3.05. The number of nitrogens with zero attached hydrogens (tertiary/aromatic N) is 2. The zero-order valence-electron chi connectivity index (χ0n) is 11.7. The summed E-state index contributed by atoms with van der Waals surface area (Å²) in [6.07, 6.45) is 0.873. The third kappa shape index (κ3) is 4.02. The SMILES string of the molecule is CCC(C#N)(CC)C(=O)N(CC(N)=O)CC(C)C. The first-order valence-corrected chi connectivity index (χ1v) is 6.31. The van der Waals surface area contributed by atoms with Crippen LogP contribution in [0.3, 0.4) is 0 Å². The monoisotopic (exact) mass is 253 g/mol. The van der Waals surface area contributed by atoms with Crippen molar-refractivity contribution in [2.75, 3.05) is 13.1 Å². The van der Waals surface area contributed by atoms with Crippen LogP contribution in [-0.2, 0) is 9.59 Å². The molecule has 0 aliphatic heterocycles. The molecule has 0 aliphatic rings. The average Bonchev–Trinajstić information content (AvgIpc) is 2.29. The van der Waals surface area contributed by atoms with Crippen LogP contribution in [0, 0.1) is 22.7 Å². The Hall–Kier alpha value is -1.57. The molecule has 5 heteroatoms. The van der Waals surface area contributed by atoms with Crippen LogP contribution in [0.2, 0.25) is 0 Å². The summed E-state index contributed by atoms with van der Waals surface area (Å²) in [7, 11) is 0. The van der Waals surface area contributed by atoms with Crippen molar-refractivity contribution < 1.29 is 9.59 Å². The summed E-state index contributed by atoms with van der Waals surface area (Å²) in [6.45, 7) is 7.83. The van der Waals surface area contributed by atoms with Gasteiger partial charge >= 0.3 is 0 Å². The van der Waals surface area contributed by atoms with Gasteiger partial charge in [0.05, 0.1) is 12.6 Å². The van der Waals surface area contributed by atoms with E-state index in [4.69, 9.17) is 5.73 Å². The average molecular weight is 253 g/mol. The molecule has 0 saturated heterocycles. The molecule has 0 spiro atoms. The summed E-state index contributed by atoms with van der Waals surface area (Å²) in [5.41, 5.74) is 4.12. The highest BCUT2D eigenvalue weighted by Crippen LogP contribution is 2.28. The molecule has 18 heavy (non-hydrogen) atoms. The second-order valence-corrected chi connectivity index (χ2v) is 4.95. The molecular formula is C13H23N3O2. The van der Waals surface area contributed by atoms with E-state index in [0.717, 1.165) is 0 Å². The maximum absolute atomic E-state index is 12.4. The molecule has 102 valence electrons. The van der Waals surface area contributed by atoms with Gasteiger partial charge in [-0.15, -0.1) is 0 Å². The zero-order valence-corrected chi connectivity index (χ0v) is 11.7. The standard InChI is InChI=1S/C13H23N3O2/c1-5-13(6-2,9-14)12(18)16(7-10(3)4)8-11(15)17/h10H,5-8H2,1-4H3,(H2,15,17). The molecule has 0 radical (unpaired) electrons. The molecule has 0 aromatic heterocycles. The van der Waals surface area contributed by atoms with Crippen molar-refractivity contribution in [3.8, 4) is 6.07 Å². The Morgan fingerprint density at radius 3 is 2.11 bits per heavy atom. The van der Waals surface area contributed by atoms with Crippen LogP contribution in [0.5, 0.6) is 0 Å². The van der Waals surface area contributed by atoms with E-state index in [-0.39, 0.29) is 18.4 Å². The van der Waals surface area contributed by atoms with Crippen LogP contribution in [0.15, 0.2) is 0 Å². The topological polar surface area (TPSA) is 87.2 Å². The highest BCUT2D eigenvalue weighted by Gasteiger charge is 2.38. The molecular weight excluding hydrogens is 230 g/mol. The minimum absolute atomic E-state index is 0.125. The normalized spacial score (nSPS) is 11.1. The number of hydrogen-bond acceptors (Lipinski definition) is 3. The van der Waals surface area contributed by atoms with Crippen LogP contribution in [0.1, 0.15) is 40.5 Å². The number of carbonyl (C=O) groups is 2. The van der Waals surface area contributed by atoms with Gasteiger partial charge < -0.3 is 10.6 Å². The molecule has 0 saturated carbocycles. The van der Waals surface area contributed by atoms with Crippen molar-refractivity contribution in [3.63, 3.8) is 0 Å². The Balaban J connectivity index is 5.16. The summed E-state index contributed by atoms with van der Waals surface area (Å²) in [4.78, 5) is 24.9. The first-order chi connectivity index (χ1) is 8.32. The van der Waals surface area contributed by atoms with Crippen molar-refractivity contribution in [1.82, 2.24) is 4.90 Å². The van der Waals surface area contributed by atoms with E-state index in [9.17, 15) is 14.9 Å². The first-order valence-electron chi connectivity index (χ1n) is 6.31. The summed E-state index contributed by atoms with van der Waals surface area (Å²) >= 11 is 0. The number of primary amides is 1. The van der Waals surface area contributed by atoms with Crippen molar-refractivity contribution in [2.24, 2.45) is 17.1 Å². The Kier molecular flexibility index (Phi) is 6.39. The number of rotatable bonds is 7. The highest BCUT2D eigenvalue weighted by molar-refractivity contribution is 5.89. The van der Waals surface area contributed by atoms with E-state index >= 15 is 0 Å². The number of hydrogen-bond donors (Lipinski definition) is 1. The number of carbonyl (C=O) groups excluding carboxylic acids is 2. The van der Waals surface area contributed by atoms with E-state index in [1.54, 1.807) is 0 Å². The van der Waals surface area contributed by atoms with E-state index in [1.807, 2.05) is 27.7 Å². The summed E-state index contributed by atoms with van der Waals surface area (Å²) < 4.78 is 0. The lowest BCUT2D eigenvalue weighted by Crippen LogP contribution is -2.47. The predicted octanol–water partition coefficient (Wildman–Crippen LogP) is 1.29. The zero-order chi connectivity index (χ0) is 14.3. The van der Waals surface area contributed by atoms with Gasteiger partial charge in [0, 0.05) is 6.54 Å². The molecule has 0 rings (SSSR count). The maximum atomic E-state index is 12.4. The summed E-state index contributed by atoms with van der Waals surface area (Å²) in [5.74, 6) is -0.621. The largest absolute Gasteiger partial charge is 0.368 e. The number of nitrogens with two attached hydrogens (primary N) is 1. The second-order valence-electron chi connectivity index (χ2n) is 4.95. The minimum Gasteiger partial charge on any atom is -0.368 e. The Morgan fingerprint density at radius 1 is 1.33 bits per heavy atom. The molecule has 2 N–H and O–H groups in total. The fourth-order valence-electron chi connectivity index (χ4n) is 1.91. The predicted molar refractivity (Wildman–Crippen MR) is 69.2 cm³/mol. The Bertz CT molecular complexity index is 341. The van der Waals surface area contributed by atoms with Crippen molar-refractivity contribution in [1.29, 1.82) is 5.26 Å². The quantitative estimate of drug-likeness (QED) is 0.741. The molecule has 0 bridgehead atoms. The summed E-state index contributed by atoms with van der Waals surface area (Å²) in [6, 6.07) is 2.10. The van der Waals surface area contributed by atoms with Gasteiger partial charge in [-0.2, -0.15) is 5.26 Å². The van der Waals surface area contributed by atoms with Crippen molar-refractivity contribution in [2.45, 2.75) is 40.5 Å². The maximum Gasteiger partial charge on any atom is 0.243 e. The van der Waals surface area contributed by atoms with E-state index in [2.05, 4.69) is 6.07 Å². The van der Waals surface area contributed by atoms with Gasteiger partial charge in [-0.05, 0) is 18.8 Å². The lowest BCUT2D eigenvalue weighted by molar-refractivity contribution is -0.142. The van der Waals surface area contributed by atoms with Gasteiger partial charge in [0.1, 0.15) is 5.41 Å². The van der Waals surface area contributed by atoms with Gasteiger partial charge in [-0.1, -0.05) is 27.7 Å². The van der Waals surface area contributed by atoms with E-state index in [1.165, 1.54) is 4.90 Å². The van der Waals surface area contributed by atoms with Crippen molar-refractivity contribution >= 4 is 11.8 Å². The van der Waals surface area contributed by atoms with Gasteiger partial charge in [-0.25, -0.2) is 0 Å². The highest BCUT2D eigenvalue weighted by atomic mass is 16.2. The van der Waals surface area contributed by atoms with E-state index < -0.39 is 11.3 Å². The third-order valence-electron chi connectivity index (χ3n) is 3.05. The van der Waals surface area contributed by atoms with E-state index in [0.29, 0.717) is 19.4 Å². The fourth-order valence-corrected chi connectivity index (χ4v) is 1.91. The first kappa shape index (κ1) is 16.4. The van der Waals surface area contributed by atoms with Crippen LogP contribution >= 0.6 is 0 Å². The molecule has 0 atom stereocenters. The minimum atomic E-state index is -1.04. The molecule has 0 unspecified atom stereocenters. The van der Waals surface area contributed by atoms with Gasteiger partial charge in [0.25, 0.3) is 0 Å². The lowest BCUT2D eigenvalue weighted by atomic mass is 9.82. The lowest BCUT2D eigenvalue weighted by Gasteiger charge is -2.31. The molecule has 0 heterocycles. The van der Waals surface area contributed by atoms with Crippen LogP contribution in [0.25, 0.3) is 0 Å². The van der Waals surface area contributed by atoms with Gasteiger partial charge in [0.15, 0.2) is 0 Å². The Labute approximate surface area is 109 Å². The van der Waals surface area contributed by atoms with Crippen LogP contribution in [0.4, 0.5) is 0 Å². The fraction of sp³-hybridized carbons (Fsp3) is 0.769. The molecule has 0 fully saturated rings. The van der Waals surface area contributed by atoms with Gasteiger partial charge in [0.2, 0.25) is 11.8 Å². The molecule has 2 amide bonds. The molecule has 5 nitrogen and oxygen atoms in total. The van der Waals surface area contributed by atoms with Crippen LogP contribution < -0.4 is 5.73 Å². The molecule has 0 aliphatic carbocycles. The van der Waals surface area contributed by atoms with Crippen LogP contribution in [-0.4, -0.2) is 29.8 Å². The molecule has 0 aromatic carbocycles. The second kappa shape index (κ2) is 7.00. The molecule has 0 aromatic rings. The summed E-state index contributed by atoms with van der Waals surface area (Å²) in [5, 5.41) is 9.25. The van der Waals surface area contributed by atoms with Crippen molar-refractivity contribution in [3.05, 3.63) is 0 Å². The Morgan fingerprint density at radius 2 is 1.83 bits per heavy atom. The smallest absolute Gasteiger partial charge is 0.243 e. The number of amides is 2.